The van der Waals surface area contributed by atoms with Crippen LogP contribution in [0.4, 0.5) is 10.8 Å². The number of nitro groups is 1. The fraction of sp³-hybridized carbons (Fsp3) is 0.417. The van der Waals surface area contributed by atoms with Gasteiger partial charge < -0.3 is 9.80 Å². The van der Waals surface area contributed by atoms with Gasteiger partial charge >= 0.3 is 5.00 Å². The van der Waals surface area contributed by atoms with E-state index >= 15 is 0 Å². The third kappa shape index (κ3) is 2.29. The highest BCUT2D eigenvalue weighted by Crippen LogP contribution is 2.35. The summed E-state index contributed by atoms with van der Waals surface area (Å²) in [4.78, 5) is 34.8. The van der Waals surface area contributed by atoms with Crippen LogP contribution < -0.4 is 4.90 Å². The van der Waals surface area contributed by atoms with Crippen LogP contribution in [-0.4, -0.2) is 51.9 Å². The average molecular weight is 307 g/mol. The minimum Gasteiger partial charge on any atom is -0.345 e. The number of anilines is 1. The van der Waals surface area contributed by atoms with E-state index in [2.05, 4.69) is 9.97 Å². The molecule has 8 nitrogen and oxygen atoms in total. The van der Waals surface area contributed by atoms with Gasteiger partial charge in [-0.15, -0.1) is 0 Å². The second-order valence-corrected chi connectivity index (χ2v) is 6.00. The number of amides is 1. The van der Waals surface area contributed by atoms with Crippen molar-refractivity contribution in [1.29, 1.82) is 0 Å². The third-order valence-electron chi connectivity index (χ3n) is 3.64. The van der Waals surface area contributed by atoms with Crippen LogP contribution in [0.25, 0.3) is 10.2 Å². The molecule has 110 valence electrons. The van der Waals surface area contributed by atoms with Crippen LogP contribution in [0.2, 0.25) is 0 Å². The Balaban J connectivity index is 2.04. The molecule has 21 heavy (non-hydrogen) atoms. The number of hydrogen-bond donors (Lipinski definition) is 0. The smallest absolute Gasteiger partial charge is 0.326 e. The predicted octanol–water partition coefficient (Wildman–Crippen LogP) is 1.27. The van der Waals surface area contributed by atoms with Gasteiger partial charge in [-0.1, -0.05) is 0 Å². The Kier molecular flexibility index (Phi) is 3.20. The minimum absolute atomic E-state index is 0.00485. The molecule has 2 aromatic heterocycles. The molecule has 1 fully saturated rings. The molecule has 0 radical (unpaired) electrons. The maximum atomic E-state index is 12.0. The summed E-state index contributed by atoms with van der Waals surface area (Å²) < 4.78 is 0. The third-order valence-corrected chi connectivity index (χ3v) is 4.63. The summed E-state index contributed by atoms with van der Waals surface area (Å²) in [5, 5.41) is 11.6. The summed E-state index contributed by atoms with van der Waals surface area (Å²) in [6.07, 6.45) is 1.38. The lowest BCUT2D eigenvalue weighted by Crippen LogP contribution is -2.53. The number of hydrogen-bond acceptors (Lipinski definition) is 7. The van der Waals surface area contributed by atoms with Gasteiger partial charge in [0, 0.05) is 25.7 Å². The zero-order chi connectivity index (χ0) is 15.1. The van der Waals surface area contributed by atoms with Crippen LogP contribution in [0.5, 0.6) is 0 Å². The molecule has 3 heterocycles. The number of thiophene rings is 1. The first-order chi connectivity index (χ1) is 9.97. The predicted molar refractivity (Wildman–Crippen MR) is 78.5 cm³/mol. The molecule has 0 N–H and O–H groups in total. The van der Waals surface area contributed by atoms with Crippen LogP contribution >= 0.6 is 11.3 Å². The van der Waals surface area contributed by atoms with Crippen molar-refractivity contribution in [2.75, 3.05) is 25.0 Å². The molecule has 3 rings (SSSR count). The second kappa shape index (κ2) is 4.92. The SMILES string of the molecule is CC1CN(c2ncnc3sc([N+](=O)[O-])cc23)CC(=O)N1C. The van der Waals surface area contributed by atoms with Crippen molar-refractivity contribution in [3.8, 4) is 0 Å². The van der Waals surface area contributed by atoms with E-state index in [0.29, 0.717) is 22.6 Å². The molecule has 0 bridgehead atoms. The lowest BCUT2D eigenvalue weighted by Gasteiger charge is -2.37. The van der Waals surface area contributed by atoms with Crippen LogP contribution in [0.15, 0.2) is 12.4 Å². The number of aromatic nitrogens is 2. The molecule has 1 unspecified atom stereocenters. The van der Waals surface area contributed by atoms with E-state index in [1.54, 1.807) is 11.9 Å². The summed E-state index contributed by atoms with van der Waals surface area (Å²) in [5.41, 5.74) is 0. The molecule has 2 aromatic rings. The van der Waals surface area contributed by atoms with Gasteiger partial charge in [0.05, 0.1) is 16.9 Å². The van der Waals surface area contributed by atoms with E-state index < -0.39 is 4.92 Å². The standard InChI is InChI=1S/C12H13N5O3S/c1-7-4-16(5-9(18)15(7)2)11-8-3-10(17(19)20)21-12(8)14-6-13-11/h3,6-7H,4-5H2,1-2H3. The van der Waals surface area contributed by atoms with Crippen molar-refractivity contribution in [1.82, 2.24) is 14.9 Å². The first kappa shape index (κ1) is 13.7. The zero-order valence-electron chi connectivity index (χ0n) is 11.5. The highest BCUT2D eigenvalue weighted by Gasteiger charge is 2.29. The minimum atomic E-state index is -0.437. The summed E-state index contributed by atoms with van der Waals surface area (Å²) in [7, 11) is 1.77. The van der Waals surface area contributed by atoms with E-state index in [9.17, 15) is 14.9 Å². The summed E-state index contributed by atoms with van der Waals surface area (Å²) in [6.45, 7) is 2.81. The molecule has 0 aromatic carbocycles. The normalized spacial score (nSPS) is 19.3. The summed E-state index contributed by atoms with van der Waals surface area (Å²) in [6, 6.07) is 1.54. The Bertz CT molecular complexity index is 731. The molecule has 9 heteroatoms. The number of carbonyl (C=O) groups is 1. The van der Waals surface area contributed by atoms with Crippen LogP contribution in [0.3, 0.4) is 0 Å². The summed E-state index contributed by atoms with van der Waals surface area (Å²) in [5.74, 6) is 0.586. The van der Waals surface area contributed by atoms with Gasteiger partial charge in [-0.3, -0.25) is 14.9 Å². The topological polar surface area (TPSA) is 92.5 Å². The lowest BCUT2D eigenvalue weighted by atomic mass is 10.2. The van der Waals surface area contributed by atoms with Crippen molar-refractivity contribution < 1.29 is 9.72 Å². The van der Waals surface area contributed by atoms with Crippen LogP contribution in [-0.2, 0) is 4.79 Å². The number of piperazine rings is 1. The molecule has 1 saturated heterocycles. The quantitative estimate of drug-likeness (QED) is 0.612. The van der Waals surface area contributed by atoms with E-state index in [4.69, 9.17) is 0 Å². The Labute approximate surface area is 124 Å². The second-order valence-electron chi connectivity index (χ2n) is 4.99. The highest BCUT2D eigenvalue weighted by atomic mass is 32.1. The maximum absolute atomic E-state index is 12.0. The number of nitrogens with zero attached hydrogens (tertiary/aromatic N) is 5. The Morgan fingerprint density at radius 2 is 2.24 bits per heavy atom. The van der Waals surface area contributed by atoms with Gasteiger partial charge in [0.25, 0.3) is 0 Å². The van der Waals surface area contributed by atoms with Gasteiger partial charge in [0.15, 0.2) is 0 Å². The molecule has 0 saturated carbocycles. The highest BCUT2D eigenvalue weighted by molar-refractivity contribution is 7.21. The van der Waals surface area contributed by atoms with Crippen molar-refractivity contribution in [3.05, 3.63) is 22.5 Å². The number of rotatable bonds is 2. The van der Waals surface area contributed by atoms with Crippen molar-refractivity contribution >= 4 is 38.3 Å². The summed E-state index contributed by atoms with van der Waals surface area (Å²) >= 11 is 1.01. The van der Waals surface area contributed by atoms with Gasteiger partial charge in [0.2, 0.25) is 5.91 Å². The molecule has 1 aliphatic rings. The lowest BCUT2D eigenvalue weighted by molar-refractivity contribution is -0.380. The number of carbonyl (C=O) groups excluding carboxylic acids is 1. The fourth-order valence-corrected chi connectivity index (χ4v) is 3.17. The van der Waals surface area contributed by atoms with Gasteiger partial charge in [0.1, 0.15) is 17.0 Å². The zero-order valence-corrected chi connectivity index (χ0v) is 12.3. The van der Waals surface area contributed by atoms with E-state index in [-0.39, 0.29) is 23.5 Å². The van der Waals surface area contributed by atoms with E-state index in [0.717, 1.165) is 11.3 Å². The molecular weight excluding hydrogens is 294 g/mol. The molecule has 0 aliphatic carbocycles. The van der Waals surface area contributed by atoms with Crippen molar-refractivity contribution in [3.63, 3.8) is 0 Å². The molecule has 1 amide bonds. The van der Waals surface area contributed by atoms with Gasteiger partial charge in [-0.25, -0.2) is 9.97 Å². The van der Waals surface area contributed by atoms with Crippen molar-refractivity contribution in [2.45, 2.75) is 13.0 Å². The van der Waals surface area contributed by atoms with Gasteiger partial charge in [-0.05, 0) is 18.3 Å². The monoisotopic (exact) mass is 307 g/mol. The maximum Gasteiger partial charge on any atom is 0.326 e. The molecule has 1 atom stereocenters. The Morgan fingerprint density at radius 3 is 2.90 bits per heavy atom. The van der Waals surface area contributed by atoms with E-state index in [1.807, 2.05) is 11.8 Å². The van der Waals surface area contributed by atoms with Gasteiger partial charge in [-0.2, -0.15) is 0 Å². The Hall–Kier alpha value is -2.29. The average Bonchev–Trinajstić information content (AvgIpc) is 2.88. The number of fused-ring (bicyclic) bond motifs is 1. The van der Waals surface area contributed by atoms with Crippen LogP contribution in [0, 0.1) is 10.1 Å². The van der Waals surface area contributed by atoms with Crippen LogP contribution in [0.1, 0.15) is 6.92 Å². The molecular formula is C12H13N5O3S. The van der Waals surface area contributed by atoms with Crippen molar-refractivity contribution in [2.24, 2.45) is 0 Å². The molecule has 1 aliphatic heterocycles. The Morgan fingerprint density at radius 1 is 1.48 bits per heavy atom. The first-order valence-corrected chi connectivity index (χ1v) is 7.18. The largest absolute Gasteiger partial charge is 0.345 e. The van der Waals surface area contributed by atoms with E-state index in [1.165, 1.54) is 12.4 Å². The first-order valence-electron chi connectivity index (χ1n) is 6.37. The fourth-order valence-electron chi connectivity index (χ4n) is 2.36. The number of likely N-dealkylation sites (N-methyl/N-ethyl adjacent to an activating group) is 1. The molecule has 0 spiro atoms.